The second-order valence-corrected chi connectivity index (χ2v) is 5.09. The number of nitrogens with zero attached hydrogens (tertiary/aromatic N) is 3. The molecule has 0 bridgehead atoms. The standard InChI is InChI=1S/C14H11F3N4O4/c1-25-10-4-6(2-3-9(10)22)8-5-7(11(23)24)18-13-19-12(14(15,16)17)20-21(8)13/h2-5,8,22H,1H3,(H,23,24)(H,18,19,20). The van der Waals surface area contributed by atoms with Gasteiger partial charge in [-0.2, -0.15) is 18.2 Å². The van der Waals surface area contributed by atoms with Crippen LogP contribution in [0.5, 0.6) is 11.5 Å². The van der Waals surface area contributed by atoms with Crippen LogP contribution in [0.15, 0.2) is 30.0 Å². The lowest BCUT2D eigenvalue weighted by Crippen LogP contribution is -2.24. The van der Waals surface area contributed by atoms with Gasteiger partial charge in [0, 0.05) is 0 Å². The minimum Gasteiger partial charge on any atom is -0.504 e. The van der Waals surface area contributed by atoms with Crippen LogP contribution in [0, 0.1) is 0 Å². The van der Waals surface area contributed by atoms with Crippen LogP contribution in [0.1, 0.15) is 17.4 Å². The summed E-state index contributed by atoms with van der Waals surface area (Å²) < 4.78 is 44.5. The van der Waals surface area contributed by atoms with Gasteiger partial charge >= 0.3 is 12.1 Å². The molecule has 1 aromatic heterocycles. The van der Waals surface area contributed by atoms with E-state index in [1.54, 1.807) is 0 Å². The SMILES string of the molecule is COc1cc(C2C=C(C(=O)O)Nc3nc(C(F)(F)F)nn32)ccc1O. The fraction of sp³-hybridized carbons (Fsp3) is 0.214. The van der Waals surface area contributed by atoms with E-state index in [9.17, 15) is 23.1 Å². The minimum atomic E-state index is -4.79. The van der Waals surface area contributed by atoms with Crippen molar-refractivity contribution >= 4 is 11.9 Å². The first-order valence-electron chi connectivity index (χ1n) is 6.83. The fourth-order valence-electron chi connectivity index (χ4n) is 2.35. The smallest absolute Gasteiger partial charge is 0.453 e. The molecule has 1 aliphatic rings. The number of carboxylic acids is 1. The number of anilines is 1. The third-order valence-electron chi connectivity index (χ3n) is 3.50. The quantitative estimate of drug-likeness (QED) is 0.771. The molecule has 0 amide bonds. The molecule has 0 spiro atoms. The average molecular weight is 356 g/mol. The van der Waals surface area contributed by atoms with Gasteiger partial charge in [0.25, 0.3) is 5.82 Å². The summed E-state index contributed by atoms with van der Waals surface area (Å²) in [6, 6.07) is 3.09. The normalized spacial score (nSPS) is 16.6. The predicted molar refractivity (Wildman–Crippen MR) is 77.2 cm³/mol. The average Bonchev–Trinajstić information content (AvgIpc) is 2.98. The van der Waals surface area contributed by atoms with Crippen molar-refractivity contribution in [1.29, 1.82) is 0 Å². The summed E-state index contributed by atoms with van der Waals surface area (Å²) in [7, 11) is 1.31. The number of hydrogen-bond donors (Lipinski definition) is 3. The highest BCUT2D eigenvalue weighted by molar-refractivity contribution is 5.90. The lowest BCUT2D eigenvalue weighted by Gasteiger charge is -2.22. The van der Waals surface area contributed by atoms with Crippen molar-refractivity contribution in [2.45, 2.75) is 12.2 Å². The lowest BCUT2D eigenvalue weighted by molar-refractivity contribution is -0.145. The molecule has 3 N–H and O–H groups in total. The van der Waals surface area contributed by atoms with E-state index >= 15 is 0 Å². The fourth-order valence-corrected chi connectivity index (χ4v) is 2.35. The topological polar surface area (TPSA) is 110 Å². The molecule has 2 aromatic rings. The Morgan fingerprint density at radius 1 is 1.40 bits per heavy atom. The Kier molecular flexibility index (Phi) is 3.78. The van der Waals surface area contributed by atoms with Crippen molar-refractivity contribution in [3.05, 3.63) is 41.4 Å². The Labute approximate surface area is 138 Å². The molecule has 3 rings (SSSR count). The van der Waals surface area contributed by atoms with E-state index in [4.69, 9.17) is 9.84 Å². The Morgan fingerprint density at radius 2 is 2.12 bits per heavy atom. The zero-order valence-corrected chi connectivity index (χ0v) is 12.6. The molecule has 0 saturated heterocycles. The molecular weight excluding hydrogens is 345 g/mol. The molecule has 0 fully saturated rings. The molecule has 1 atom stereocenters. The van der Waals surface area contributed by atoms with Crippen LogP contribution in [0.25, 0.3) is 0 Å². The number of nitrogens with one attached hydrogen (secondary N) is 1. The van der Waals surface area contributed by atoms with Gasteiger partial charge in [0.1, 0.15) is 11.7 Å². The number of aliphatic carboxylic acids is 1. The number of fused-ring (bicyclic) bond motifs is 1. The van der Waals surface area contributed by atoms with E-state index in [2.05, 4.69) is 15.4 Å². The molecule has 1 unspecified atom stereocenters. The van der Waals surface area contributed by atoms with E-state index < -0.39 is 24.0 Å². The van der Waals surface area contributed by atoms with Gasteiger partial charge in [0.2, 0.25) is 5.95 Å². The van der Waals surface area contributed by atoms with Crippen LogP contribution in [0.2, 0.25) is 0 Å². The van der Waals surface area contributed by atoms with Crippen molar-refractivity contribution in [3.8, 4) is 11.5 Å². The summed E-state index contributed by atoms with van der Waals surface area (Å²) in [5.41, 5.74) is 0.0143. The number of halogens is 3. The summed E-state index contributed by atoms with van der Waals surface area (Å²) in [5.74, 6) is -3.20. The molecule has 0 radical (unpaired) electrons. The van der Waals surface area contributed by atoms with Gasteiger partial charge in [-0.25, -0.2) is 9.48 Å². The number of ether oxygens (including phenoxy) is 1. The molecule has 11 heteroatoms. The molecular formula is C14H11F3N4O4. The first kappa shape index (κ1) is 16.6. The van der Waals surface area contributed by atoms with Gasteiger partial charge in [-0.3, -0.25) is 0 Å². The zero-order valence-electron chi connectivity index (χ0n) is 12.6. The molecule has 25 heavy (non-hydrogen) atoms. The predicted octanol–water partition coefficient (Wildman–Crippen LogP) is 1.99. The zero-order chi connectivity index (χ0) is 18.4. The third-order valence-corrected chi connectivity index (χ3v) is 3.50. The summed E-state index contributed by atoms with van der Waals surface area (Å²) in [4.78, 5) is 14.6. The molecule has 1 aliphatic heterocycles. The third kappa shape index (κ3) is 2.95. The largest absolute Gasteiger partial charge is 0.504 e. The number of carbonyl (C=O) groups is 1. The number of methoxy groups -OCH3 is 1. The van der Waals surface area contributed by atoms with Gasteiger partial charge in [-0.05, 0) is 23.8 Å². The van der Waals surface area contributed by atoms with Crippen LogP contribution in [-0.2, 0) is 11.0 Å². The Hall–Kier alpha value is -3.24. The van der Waals surface area contributed by atoms with Crippen LogP contribution in [0.4, 0.5) is 19.1 Å². The van der Waals surface area contributed by atoms with Gasteiger partial charge in [-0.15, -0.1) is 5.10 Å². The van der Waals surface area contributed by atoms with Crippen molar-refractivity contribution in [2.24, 2.45) is 0 Å². The summed E-state index contributed by atoms with van der Waals surface area (Å²) in [5, 5.41) is 24.5. The molecule has 132 valence electrons. The van der Waals surface area contributed by atoms with Gasteiger partial charge in [0.15, 0.2) is 11.5 Å². The number of rotatable bonds is 3. The number of allylic oxidation sites excluding steroid dienone is 1. The second kappa shape index (κ2) is 5.69. The van der Waals surface area contributed by atoms with E-state index in [0.29, 0.717) is 5.56 Å². The van der Waals surface area contributed by atoms with Crippen LogP contribution < -0.4 is 10.1 Å². The van der Waals surface area contributed by atoms with Gasteiger partial charge in [0.05, 0.1) is 7.11 Å². The van der Waals surface area contributed by atoms with Crippen molar-refractivity contribution in [1.82, 2.24) is 14.8 Å². The van der Waals surface area contributed by atoms with Crippen molar-refractivity contribution in [2.75, 3.05) is 12.4 Å². The molecule has 1 aromatic carbocycles. The molecule has 0 saturated carbocycles. The maximum atomic E-state index is 12.9. The van der Waals surface area contributed by atoms with E-state index in [-0.39, 0.29) is 23.1 Å². The highest BCUT2D eigenvalue weighted by atomic mass is 19.4. The number of carboxylic acid groups (broad SMARTS) is 1. The van der Waals surface area contributed by atoms with E-state index in [0.717, 1.165) is 4.68 Å². The number of phenolic OH excluding ortho intramolecular Hbond substituents is 1. The molecule has 2 heterocycles. The highest BCUT2D eigenvalue weighted by Gasteiger charge is 2.39. The number of hydrogen-bond acceptors (Lipinski definition) is 6. The summed E-state index contributed by atoms with van der Waals surface area (Å²) in [6.45, 7) is 0. The number of phenols is 1. The van der Waals surface area contributed by atoms with Crippen molar-refractivity contribution < 1.29 is 32.9 Å². The van der Waals surface area contributed by atoms with Crippen LogP contribution >= 0.6 is 0 Å². The van der Waals surface area contributed by atoms with Gasteiger partial charge < -0.3 is 20.3 Å². The molecule has 8 nitrogen and oxygen atoms in total. The second-order valence-electron chi connectivity index (χ2n) is 5.09. The van der Waals surface area contributed by atoms with Crippen molar-refractivity contribution in [3.63, 3.8) is 0 Å². The first-order valence-corrected chi connectivity index (χ1v) is 6.83. The maximum absolute atomic E-state index is 12.9. The van der Waals surface area contributed by atoms with E-state index in [1.807, 2.05) is 0 Å². The number of benzene rings is 1. The highest BCUT2D eigenvalue weighted by Crippen LogP contribution is 2.36. The van der Waals surface area contributed by atoms with Gasteiger partial charge in [-0.1, -0.05) is 6.07 Å². The number of alkyl halides is 3. The van der Waals surface area contributed by atoms with E-state index in [1.165, 1.54) is 31.4 Å². The number of aromatic hydroxyl groups is 1. The minimum absolute atomic E-state index is 0.0824. The Morgan fingerprint density at radius 3 is 2.72 bits per heavy atom. The Bertz CT molecular complexity index is 875. The summed E-state index contributed by atoms with van der Waals surface area (Å²) >= 11 is 0. The molecule has 0 aliphatic carbocycles. The first-order chi connectivity index (χ1) is 11.7. The van der Waals surface area contributed by atoms with Crippen LogP contribution in [0.3, 0.4) is 0 Å². The maximum Gasteiger partial charge on any atom is 0.453 e. The summed E-state index contributed by atoms with van der Waals surface area (Å²) in [6.07, 6.45) is -3.59. The van der Waals surface area contributed by atoms with Crippen LogP contribution in [-0.4, -0.2) is 38.1 Å². The Balaban J connectivity index is 2.14. The monoisotopic (exact) mass is 356 g/mol. The number of aromatic nitrogens is 3. The lowest BCUT2D eigenvalue weighted by atomic mass is 10.0.